The van der Waals surface area contributed by atoms with E-state index in [1.807, 2.05) is 67.6 Å². The van der Waals surface area contributed by atoms with E-state index in [2.05, 4.69) is 10.3 Å². The smallest absolute Gasteiger partial charge is 0.330 e. The van der Waals surface area contributed by atoms with Gasteiger partial charge in [-0.1, -0.05) is 60.7 Å². The van der Waals surface area contributed by atoms with Gasteiger partial charge in [0.25, 0.3) is 0 Å². The lowest BCUT2D eigenvalue weighted by Gasteiger charge is -2.44. The third-order valence-corrected chi connectivity index (χ3v) is 5.84. The van der Waals surface area contributed by atoms with Crippen molar-refractivity contribution in [1.82, 2.24) is 15.2 Å². The number of imide groups is 1. The van der Waals surface area contributed by atoms with Crippen LogP contribution >= 0.6 is 0 Å². The SMILES string of the molecule is C[C@@H](NC(=O)N1C(=O)C(Cc2ccnc(N)c2)[C@H]1C(=O)OCc1ccccc1)c1ccccc1. The van der Waals surface area contributed by atoms with Gasteiger partial charge in [0.2, 0.25) is 5.91 Å². The average molecular weight is 459 g/mol. The lowest BCUT2D eigenvalue weighted by Crippen LogP contribution is -2.69. The lowest BCUT2D eigenvalue weighted by atomic mass is 9.82. The Balaban J connectivity index is 1.50. The van der Waals surface area contributed by atoms with Gasteiger partial charge in [-0.2, -0.15) is 0 Å². The Morgan fingerprint density at radius 2 is 1.74 bits per heavy atom. The molecule has 0 aliphatic carbocycles. The number of pyridine rings is 1. The standard InChI is InChI=1S/C26H26N4O4/c1-17(20-10-6-3-7-11-20)29-26(33)30-23(25(32)34-16-18-8-4-2-5-9-18)21(24(30)31)14-19-12-13-28-22(27)15-19/h2-13,15,17,21,23H,14,16H2,1H3,(H2,27,28)(H,29,33)/t17-,21?,23+/m1/s1. The van der Waals surface area contributed by atoms with Gasteiger partial charge in [0.1, 0.15) is 12.4 Å². The van der Waals surface area contributed by atoms with Gasteiger partial charge < -0.3 is 15.8 Å². The molecule has 1 aliphatic rings. The Morgan fingerprint density at radius 3 is 2.41 bits per heavy atom. The molecule has 1 unspecified atom stereocenters. The Morgan fingerprint density at radius 1 is 1.06 bits per heavy atom. The Bertz CT molecular complexity index is 1170. The third kappa shape index (κ3) is 5.06. The minimum absolute atomic E-state index is 0.0508. The first-order valence-corrected chi connectivity index (χ1v) is 11.0. The van der Waals surface area contributed by atoms with Gasteiger partial charge >= 0.3 is 12.0 Å². The molecule has 34 heavy (non-hydrogen) atoms. The lowest BCUT2D eigenvalue weighted by molar-refractivity contribution is -0.170. The molecule has 2 heterocycles. The topological polar surface area (TPSA) is 115 Å². The number of amides is 3. The van der Waals surface area contributed by atoms with Gasteiger partial charge in [0.05, 0.1) is 12.0 Å². The zero-order chi connectivity index (χ0) is 24.1. The maximum absolute atomic E-state index is 13.0. The summed E-state index contributed by atoms with van der Waals surface area (Å²) in [4.78, 5) is 44.0. The fourth-order valence-corrected chi connectivity index (χ4v) is 4.01. The second-order valence-corrected chi connectivity index (χ2v) is 8.23. The van der Waals surface area contributed by atoms with Crippen LogP contribution in [0, 0.1) is 5.92 Å². The number of esters is 1. The first-order chi connectivity index (χ1) is 16.4. The van der Waals surface area contributed by atoms with E-state index < -0.39 is 29.9 Å². The predicted octanol–water partition coefficient (Wildman–Crippen LogP) is 3.25. The van der Waals surface area contributed by atoms with Crippen molar-refractivity contribution < 1.29 is 19.1 Å². The number of carbonyl (C=O) groups is 3. The van der Waals surface area contributed by atoms with Crippen molar-refractivity contribution in [2.45, 2.75) is 32.0 Å². The van der Waals surface area contributed by atoms with E-state index in [-0.39, 0.29) is 19.1 Å². The van der Waals surface area contributed by atoms with Crippen molar-refractivity contribution in [2.75, 3.05) is 5.73 Å². The second-order valence-electron chi connectivity index (χ2n) is 8.23. The van der Waals surface area contributed by atoms with Gasteiger partial charge in [-0.25, -0.2) is 19.5 Å². The Labute approximate surface area is 197 Å². The number of nitrogen functional groups attached to an aromatic ring is 1. The van der Waals surface area contributed by atoms with Crippen LogP contribution in [-0.4, -0.2) is 33.8 Å². The first kappa shape index (κ1) is 23.0. The van der Waals surface area contributed by atoms with Crippen LogP contribution in [0.4, 0.5) is 10.6 Å². The molecular formula is C26H26N4O4. The van der Waals surface area contributed by atoms with Gasteiger partial charge in [-0.15, -0.1) is 0 Å². The molecule has 4 rings (SSSR count). The fraction of sp³-hybridized carbons (Fsp3) is 0.231. The minimum atomic E-state index is -1.03. The number of rotatable bonds is 7. The average Bonchev–Trinajstić information content (AvgIpc) is 2.85. The number of benzene rings is 2. The first-order valence-electron chi connectivity index (χ1n) is 11.0. The summed E-state index contributed by atoms with van der Waals surface area (Å²) >= 11 is 0. The zero-order valence-corrected chi connectivity index (χ0v) is 18.8. The number of nitrogens with one attached hydrogen (secondary N) is 1. The van der Waals surface area contributed by atoms with Crippen LogP contribution in [0.2, 0.25) is 0 Å². The van der Waals surface area contributed by atoms with Crippen molar-refractivity contribution in [1.29, 1.82) is 0 Å². The molecule has 0 radical (unpaired) electrons. The van der Waals surface area contributed by atoms with Crippen LogP contribution in [0.3, 0.4) is 0 Å². The Kier molecular flexibility index (Phi) is 6.87. The van der Waals surface area contributed by atoms with Crippen LogP contribution in [0.15, 0.2) is 79.0 Å². The molecule has 0 saturated carbocycles. The number of aromatic nitrogens is 1. The van der Waals surface area contributed by atoms with Crippen LogP contribution < -0.4 is 11.1 Å². The summed E-state index contributed by atoms with van der Waals surface area (Å²) in [6.45, 7) is 1.87. The third-order valence-electron chi connectivity index (χ3n) is 5.84. The summed E-state index contributed by atoms with van der Waals surface area (Å²) in [7, 11) is 0. The number of carbonyl (C=O) groups excluding carboxylic acids is 3. The molecule has 1 aliphatic heterocycles. The number of likely N-dealkylation sites (tertiary alicyclic amines) is 1. The molecule has 0 bridgehead atoms. The molecule has 0 spiro atoms. The summed E-state index contributed by atoms with van der Waals surface area (Å²) in [5.74, 6) is -1.48. The van der Waals surface area contributed by atoms with Crippen LogP contribution in [0.1, 0.15) is 29.7 Å². The highest BCUT2D eigenvalue weighted by Crippen LogP contribution is 2.32. The highest BCUT2D eigenvalue weighted by molar-refractivity contribution is 6.08. The molecule has 1 aromatic heterocycles. The van der Waals surface area contributed by atoms with Gasteiger partial charge in [0, 0.05) is 6.20 Å². The molecule has 3 aromatic rings. The predicted molar refractivity (Wildman–Crippen MR) is 126 cm³/mol. The zero-order valence-electron chi connectivity index (χ0n) is 18.8. The van der Waals surface area contributed by atoms with E-state index in [1.54, 1.807) is 18.3 Å². The van der Waals surface area contributed by atoms with Crippen molar-refractivity contribution >= 4 is 23.7 Å². The molecule has 2 aromatic carbocycles. The van der Waals surface area contributed by atoms with Gasteiger partial charge in [0.15, 0.2) is 6.04 Å². The molecule has 1 saturated heterocycles. The number of hydrogen-bond donors (Lipinski definition) is 2. The van der Waals surface area contributed by atoms with Crippen LogP contribution in [0.5, 0.6) is 0 Å². The van der Waals surface area contributed by atoms with E-state index in [1.165, 1.54) is 0 Å². The molecule has 8 heteroatoms. The van der Waals surface area contributed by atoms with Crippen molar-refractivity contribution in [2.24, 2.45) is 5.92 Å². The molecule has 1 fully saturated rings. The molecule has 8 nitrogen and oxygen atoms in total. The van der Waals surface area contributed by atoms with Gasteiger partial charge in [-0.05, 0) is 42.2 Å². The van der Waals surface area contributed by atoms with Crippen molar-refractivity contribution in [3.63, 3.8) is 0 Å². The summed E-state index contributed by atoms with van der Waals surface area (Å²) in [5.41, 5.74) is 8.21. The largest absolute Gasteiger partial charge is 0.459 e. The molecule has 3 amide bonds. The van der Waals surface area contributed by atoms with Gasteiger partial charge in [-0.3, -0.25) is 4.79 Å². The molecular weight excluding hydrogens is 432 g/mol. The van der Waals surface area contributed by atoms with Crippen LogP contribution in [0.25, 0.3) is 0 Å². The number of ether oxygens (including phenoxy) is 1. The number of hydrogen-bond acceptors (Lipinski definition) is 6. The summed E-state index contributed by atoms with van der Waals surface area (Å²) in [6.07, 6.45) is 1.79. The number of β-lactam (4-membered cyclic amide) rings is 1. The van der Waals surface area contributed by atoms with Crippen molar-refractivity contribution in [3.05, 3.63) is 95.7 Å². The monoisotopic (exact) mass is 458 g/mol. The normalized spacial score (nSPS) is 18.0. The maximum atomic E-state index is 13.0. The summed E-state index contributed by atoms with van der Waals surface area (Å²) in [5, 5.41) is 2.81. The molecule has 174 valence electrons. The molecule has 3 N–H and O–H groups in total. The maximum Gasteiger partial charge on any atom is 0.330 e. The van der Waals surface area contributed by atoms with E-state index >= 15 is 0 Å². The van der Waals surface area contributed by atoms with E-state index in [0.717, 1.165) is 21.6 Å². The molecule has 3 atom stereocenters. The number of urea groups is 1. The number of anilines is 1. The number of nitrogens with zero attached hydrogens (tertiary/aromatic N) is 2. The van der Waals surface area contributed by atoms with Crippen molar-refractivity contribution in [3.8, 4) is 0 Å². The summed E-state index contributed by atoms with van der Waals surface area (Å²) < 4.78 is 5.49. The summed E-state index contributed by atoms with van der Waals surface area (Å²) in [6, 6.07) is 20.0. The quantitative estimate of drug-likeness (QED) is 0.415. The number of nitrogens with two attached hydrogens (primary N) is 1. The fourth-order valence-electron chi connectivity index (χ4n) is 4.01. The van der Waals surface area contributed by atoms with Crippen LogP contribution in [-0.2, 0) is 27.4 Å². The second kappa shape index (κ2) is 10.2. The highest BCUT2D eigenvalue weighted by atomic mass is 16.5. The highest BCUT2D eigenvalue weighted by Gasteiger charge is 2.55. The van der Waals surface area contributed by atoms with E-state index in [4.69, 9.17) is 10.5 Å². The minimum Gasteiger partial charge on any atom is -0.459 e. The van der Waals surface area contributed by atoms with E-state index in [0.29, 0.717) is 5.82 Å². The van der Waals surface area contributed by atoms with E-state index in [9.17, 15) is 14.4 Å². The Hall–Kier alpha value is -4.20.